The average Bonchev–Trinajstić information content (AvgIpc) is 2.51. The first-order chi connectivity index (χ1) is 8.06. The molecular weight excluding hydrogens is 238 g/mol. The van der Waals surface area contributed by atoms with Crippen molar-refractivity contribution in [3.05, 3.63) is 22.5 Å². The van der Waals surface area contributed by atoms with Gasteiger partial charge in [-0.05, 0) is 19.4 Å². The smallest absolute Gasteiger partial charge is 0.244 e. The van der Waals surface area contributed by atoms with Gasteiger partial charge in [-0.1, -0.05) is 24.9 Å². The Morgan fingerprint density at radius 2 is 2.29 bits per heavy atom. The summed E-state index contributed by atoms with van der Waals surface area (Å²) >= 11 is 6.04. The Balaban J connectivity index is 2.61. The van der Waals surface area contributed by atoms with E-state index in [0.29, 0.717) is 11.7 Å². The molecule has 0 atom stereocenters. The van der Waals surface area contributed by atoms with E-state index < -0.39 is 0 Å². The van der Waals surface area contributed by atoms with Crippen molar-refractivity contribution in [1.82, 2.24) is 15.1 Å². The van der Waals surface area contributed by atoms with E-state index in [2.05, 4.69) is 17.3 Å². The van der Waals surface area contributed by atoms with E-state index in [1.807, 2.05) is 6.92 Å². The molecule has 0 aliphatic carbocycles. The Morgan fingerprint density at radius 1 is 1.59 bits per heavy atom. The van der Waals surface area contributed by atoms with Crippen LogP contribution in [-0.2, 0) is 11.8 Å². The molecule has 1 amide bonds. The lowest BCUT2D eigenvalue weighted by atomic mass is 10.2. The first kappa shape index (κ1) is 13.8. The number of carbonyl (C=O) groups excluding carboxylic acids is 1. The summed E-state index contributed by atoms with van der Waals surface area (Å²) in [4.78, 5) is 11.5. The Hall–Kier alpha value is -1.29. The van der Waals surface area contributed by atoms with Gasteiger partial charge < -0.3 is 5.32 Å². The largest absolute Gasteiger partial charge is 0.353 e. The molecule has 1 aromatic heterocycles. The molecule has 1 aromatic rings. The van der Waals surface area contributed by atoms with Gasteiger partial charge in [0.05, 0.1) is 5.69 Å². The van der Waals surface area contributed by atoms with Gasteiger partial charge in [-0.25, -0.2) is 0 Å². The zero-order chi connectivity index (χ0) is 12.8. The standard InChI is InChI=1S/C12H18ClN3O/c1-4-5-8-14-11(17)7-6-10-9(2)15-16(3)12(10)13/h6-7H,4-5,8H2,1-3H3,(H,14,17)/b7-6+. The molecular formula is C12H18ClN3O. The minimum absolute atomic E-state index is 0.0993. The molecule has 1 N–H and O–H groups in total. The van der Waals surface area contributed by atoms with Crippen LogP contribution in [0.15, 0.2) is 6.08 Å². The van der Waals surface area contributed by atoms with Crippen molar-refractivity contribution in [2.75, 3.05) is 6.54 Å². The number of halogens is 1. The maximum atomic E-state index is 11.5. The van der Waals surface area contributed by atoms with Crippen molar-refractivity contribution in [3.63, 3.8) is 0 Å². The van der Waals surface area contributed by atoms with Gasteiger partial charge in [-0.3, -0.25) is 9.48 Å². The molecule has 0 saturated heterocycles. The van der Waals surface area contributed by atoms with E-state index in [9.17, 15) is 4.79 Å². The van der Waals surface area contributed by atoms with Crippen LogP contribution in [0.2, 0.25) is 5.15 Å². The Kier molecular flexibility index (Phi) is 5.22. The number of unbranched alkanes of at least 4 members (excludes halogenated alkanes) is 1. The second kappa shape index (κ2) is 6.45. The number of hydrogen-bond acceptors (Lipinski definition) is 2. The number of aryl methyl sites for hydroxylation is 2. The average molecular weight is 256 g/mol. The molecule has 94 valence electrons. The van der Waals surface area contributed by atoms with Gasteiger partial charge >= 0.3 is 0 Å². The van der Waals surface area contributed by atoms with Gasteiger partial charge in [-0.15, -0.1) is 0 Å². The number of nitrogens with zero attached hydrogens (tertiary/aromatic N) is 2. The predicted molar refractivity (Wildman–Crippen MR) is 69.9 cm³/mol. The highest BCUT2D eigenvalue weighted by Gasteiger charge is 2.08. The second-order valence-corrected chi connectivity index (χ2v) is 4.25. The predicted octanol–water partition coefficient (Wildman–Crippen LogP) is 2.31. The van der Waals surface area contributed by atoms with E-state index >= 15 is 0 Å². The monoisotopic (exact) mass is 255 g/mol. The van der Waals surface area contributed by atoms with Crippen molar-refractivity contribution >= 4 is 23.6 Å². The molecule has 0 bridgehead atoms. The van der Waals surface area contributed by atoms with Gasteiger partial charge in [0.2, 0.25) is 5.91 Å². The van der Waals surface area contributed by atoms with Crippen molar-refractivity contribution in [3.8, 4) is 0 Å². The maximum absolute atomic E-state index is 11.5. The third kappa shape index (κ3) is 3.89. The molecule has 0 spiro atoms. The van der Waals surface area contributed by atoms with Crippen LogP contribution < -0.4 is 5.32 Å². The highest BCUT2D eigenvalue weighted by molar-refractivity contribution is 6.31. The van der Waals surface area contributed by atoms with Crippen LogP contribution in [0.4, 0.5) is 0 Å². The van der Waals surface area contributed by atoms with E-state index in [4.69, 9.17) is 11.6 Å². The lowest BCUT2D eigenvalue weighted by molar-refractivity contribution is -0.116. The molecule has 0 radical (unpaired) electrons. The molecule has 5 heteroatoms. The quantitative estimate of drug-likeness (QED) is 0.648. The SMILES string of the molecule is CCCCNC(=O)/C=C/c1c(C)nn(C)c1Cl. The van der Waals surface area contributed by atoms with Crippen molar-refractivity contribution < 1.29 is 4.79 Å². The van der Waals surface area contributed by atoms with Crippen LogP contribution in [-0.4, -0.2) is 22.2 Å². The first-order valence-electron chi connectivity index (χ1n) is 5.71. The normalized spacial score (nSPS) is 11.1. The van der Waals surface area contributed by atoms with Gasteiger partial charge in [0.15, 0.2) is 0 Å². The Labute approximate surface area is 107 Å². The molecule has 1 rings (SSSR count). The summed E-state index contributed by atoms with van der Waals surface area (Å²) in [6.07, 6.45) is 5.25. The molecule has 0 unspecified atom stereocenters. The molecule has 0 aromatic carbocycles. The summed E-state index contributed by atoms with van der Waals surface area (Å²) < 4.78 is 1.59. The van der Waals surface area contributed by atoms with Crippen molar-refractivity contribution in [2.24, 2.45) is 7.05 Å². The zero-order valence-electron chi connectivity index (χ0n) is 10.5. The van der Waals surface area contributed by atoms with Crippen LogP contribution >= 0.6 is 11.6 Å². The highest BCUT2D eigenvalue weighted by Crippen LogP contribution is 2.19. The van der Waals surface area contributed by atoms with Gasteiger partial charge in [0.1, 0.15) is 5.15 Å². The number of nitrogens with one attached hydrogen (secondary N) is 1. The zero-order valence-corrected chi connectivity index (χ0v) is 11.2. The fourth-order valence-electron chi connectivity index (χ4n) is 1.44. The summed E-state index contributed by atoms with van der Waals surface area (Å²) in [5.74, 6) is -0.0993. The molecule has 0 fully saturated rings. The third-order valence-electron chi connectivity index (χ3n) is 2.43. The number of rotatable bonds is 5. The Bertz CT molecular complexity index is 424. The number of hydrogen-bond donors (Lipinski definition) is 1. The van der Waals surface area contributed by atoms with E-state index in [1.54, 1.807) is 17.8 Å². The minimum atomic E-state index is -0.0993. The third-order valence-corrected chi connectivity index (χ3v) is 2.88. The molecule has 1 heterocycles. The number of carbonyl (C=O) groups is 1. The Morgan fingerprint density at radius 3 is 2.82 bits per heavy atom. The molecule has 4 nitrogen and oxygen atoms in total. The van der Waals surface area contributed by atoms with Crippen LogP contribution in [0.1, 0.15) is 31.0 Å². The lowest BCUT2D eigenvalue weighted by Crippen LogP contribution is -2.21. The fourth-order valence-corrected chi connectivity index (χ4v) is 1.68. The minimum Gasteiger partial charge on any atom is -0.353 e. The van der Waals surface area contributed by atoms with Gasteiger partial charge in [0, 0.05) is 25.2 Å². The van der Waals surface area contributed by atoms with E-state index in [1.165, 1.54) is 6.08 Å². The maximum Gasteiger partial charge on any atom is 0.244 e. The summed E-state index contributed by atoms with van der Waals surface area (Å²) in [5.41, 5.74) is 1.61. The van der Waals surface area contributed by atoms with Crippen LogP contribution in [0.25, 0.3) is 6.08 Å². The molecule has 0 aliphatic heterocycles. The summed E-state index contributed by atoms with van der Waals surface area (Å²) in [5, 5.41) is 7.51. The summed E-state index contributed by atoms with van der Waals surface area (Å²) in [6, 6.07) is 0. The lowest BCUT2D eigenvalue weighted by Gasteiger charge is -1.99. The van der Waals surface area contributed by atoms with Crippen molar-refractivity contribution in [2.45, 2.75) is 26.7 Å². The number of amides is 1. The first-order valence-corrected chi connectivity index (χ1v) is 6.09. The van der Waals surface area contributed by atoms with Gasteiger partial charge in [0.25, 0.3) is 0 Å². The second-order valence-electron chi connectivity index (χ2n) is 3.89. The molecule has 0 saturated carbocycles. The van der Waals surface area contributed by atoms with Gasteiger partial charge in [-0.2, -0.15) is 5.10 Å². The fraction of sp³-hybridized carbons (Fsp3) is 0.500. The van der Waals surface area contributed by atoms with Crippen molar-refractivity contribution in [1.29, 1.82) is 0 Å². The highest BCUT2D eigenvalue weighted by atomic mass is 35.5. The van der Waals surface area contributed by atoms with E-state index in [-0.39, 0.29) is 5.91 Å². The molecule has 17 heavy (non-hydrogen) atoms. The topological polar surface area (TPSA) is 46.9 Å². The van der Waals surface area contributed by atoms with Crippen LogP contribution in [0.5, 0.6) is 0 Å². The van der Waals surface area contributed by atoms with Crippen LogP contribution in [0, 0.1) is 6.92 Å². The van der Waals surface area contributed by atoms with Crippen LogP contribution in [0.3, 0.4) is 0 Å². The number of aromatic nitrogens is 2. The summed E-state index contributed by atoms with van der Waals surface area (Å²) in [7, 11) is 1.77. The summed E-state index contributed by atoms with van der Waals surface area (Å²) in [6.45, 7) is 4.65. The molecule has 0 aliphatic rings. The van der Waals surface area contributed by atoms with E-state index in [0.717, 1.165) is 24.1 Å².